The second-order valence-electron chi connectivity index (χ2n) is 11.1. The summed E-state index contributed by atoms with van der Waals surface area (Å²) in [4.78, 5) is 41.0. The standard InChI is InChI=1S/C37H38N2O5/c1-26-10-8-15-30(24-26)39(36(41)29-13-9-14-29)22-23-44-31-20-18-27(19-21-31)25-34(37(42)43-2)38-33-17-7-6-16-32(33)35(40)28-11-4-3-5-12-28/h3-8,10-12,15-21,24,29,34,38H,9,13-14,22-23,25H2,1-2H3. The van der Waals surface area contributed by atoms with Crippen LogP contribution in [0.3, 0.4) is 0 Å². The highest BCUT2D eigenvalue weighted by Gasteiger charge is 2.30. The number of hydrogen-bond acceptors (Lipinski definition) is 6. The zero-order valence-corrected chi connectivity index (χ0v) is 25.2. The molecule has 1 saturated carbocycles. The smallest absolute Gasteiger partial charge is 0.328 e. The van der Waals surface area contributed by atoms with Crippen LogP contribution in [0.1, 0.15) is 46.3 Å². The van der Waals surface area contributed by atoms with Gasteiger partial charge in [0.05, 0.1) is 13.7 Å². The number of ketones is 1. The lowest BCUT2D eigenvalue weighted by atomic mass is 9.84. The molecule has 4 aromatic carbocycles. The first-order chi connectivity index (χ1) is 21.4. The molecule has 7 heteroatoms. The van der Waals surface area contributed by atoms with Crippen molar-refractivity contribution in [2.45, 2.75) is 38.6 Å². The number of benzene rings is 4. The van der Waals surface area contributed by atoms with E-state index >= 15 is 0 Å². The van der Waals surface area contributed by atoms with Crippen molar-refractivity contribution in [1.29, 1.82) is 0 Å². The van der Waals surface area contributed by atoms with E-state index in [0.29, 0.717) is 42.1 Å². The molecule has 5 rings (SSSR count). The number of anilines is 2. The van der Waals surface area contributed by atoms with Gasteiger partial charge in [-0.15, -0.1) is 0 Å². The van der Waals surface area contributed by atoms with E-state index in [9.17, 15) is 14.4 Å². The third-order valence-corrected chi connectivity index (χ3v) is 8.00. The molecule has 1 fully saturated rings. The molecule has 0 heterocycles. The largest absolute Gasteiger partial charge is 0.492 e. The van der Waals surface area contributed by atoms with E-state index in [-0.39, 0.29) is 17.6 Å². The third-order valence-electron chi connectivity index (χ3n) is 8.00. The van der Waals surface area contributed by atoms with Crippen LogP contribution in [0.5, 0.6) is 5.75 Å². The van der Waals surface area contributed by atoms with Gasteiger partial charge in [-0.1, -0.05) is 73.2 Å². The number of aryl methyl sites for hydroxylation is 1. The van der Waals surface area contributed by atoms with Crippen molar-refractivity contribution in [2.75, 3.05) is 30.5 Å². The number of carbonyl (C=O) groups excluding carboxylic acids is 3. The average Bonchev–Trinajstić information content (AvgIpc) is 3.02. The summed E-state index contributed by atoms with van der Waals surface area (Å²) in [6, 6.07) is 31.0. The topological polar surface area (TPSA) is 84.9 Å². The Bertz CT molecular complexity index is 1580. The van der Waals surface area contributed by atoms with E-state index in [0.717, 1.165) is 36.1 Å². The first-order valence-corrected chi connectivity index (χ1v) is 15.1. The highest BCUT2D eigenvalue weighted by atomic mass is 16.5. The number of rotatable bonds is 13. The maximum absolute atomic E-state index is 13.2. The number of nitrogens with one attached hydrogen (secondary N) is 1. The molecule has 0 aromatic heterocycles. The molecular formula is C37H38N2O5. The second kappa shape index (κ2) is 14.5. The van der Waals surface area contributed by atoms with Crippen LogP contribution in [-0.2, 0) is 20.7 Å². The minimum absolute atomic E-state index is 0.0922. The molecule has 226 valence electrons. The number of para-hydroxylation sites is 1. The normalized spacial score (nSPS) is 13.3. The molecule has 1 unspecified atom stereocenters. The predicted octanol–water partition coefficient (Wildman–Crippen LogP) is 6.63. The van der Waals surface area contributed by atoms with Crippen molar-refractivity contribution < 1.29 is 23.9 Å². The molecule has 1 atom stereocenters. The monoisotopic (exact) mass is 590 g/mol. The number of methoxy groups -OCH3 is 1. The van der Waals surface area contributed by atoms with Crippen molar-refractivity contribution in [1.82, 2.24) is 0 Å². The van der Waals surface area contributed by atoms with E-state index in [1.165, 1.54) is 7.11 Å². The van der Waals surface area contributed by atoms with E-state index < -0.39 is 12.0 Å². The number of amides is 1. The van der Waals surface area contributed by atoms with Crippen LogP contribution in [0.2, 0.25) is 0 Å². The molecule has 1 N–H and O–H groups in total. The highest BCUT2D eigenvalue weighted by molar-refractivity contribution is 6.12. The Labute approximate surface area is 258 Å². The molecule has 1 aliphatic rings. The molecular weight excluding hydrogens is 552 g/mol. The Morgan fingerprint density at radius 3 is 2.30 bits per heavy atom. The Balaban J connectivity index is 1.23. The molecule has 4 aromatic rings. The fraction of sp³-hybridized carbons (Fsp3) is 0.270. The van der Waals surface area contributed by atoms with Gasteiger partial charge in [-0.3, -0.25) is 9.59 Å². The number of carbonyl (C=O) groups is 3. The third kappa shape index (κ3) is 7.53. The molecule has 0 aliphatic heterocycles. The van der Waals surface area contributed by atoms with Gasteiger partial charge < -0.3 is 19.7 Å². The van der Waals surface area contributed by atoms with Crippen LogP contribution in [-0.4, -0.2) is 44.0 Å². The van der Waals surface area contributed by atoms with Gasteiger partial charge in [-0.2, -0.15) is 0 Å². The quantitative estimate of drug-likeness (QED) is 0.139. The van der Waals surface area contributed by atoms with Crippen LogP contribution >= 0.6 is 0 Å². The zero-order valence-electron chi connectivity index (χ0n) is 25.2. The summed E-state index contributed by atoms with van der Waals surface area (Å²) in [5.74, 6) is 0.369. The summed E-state index contributed by atoms with van der Waals surface area (Å²) < 4.78 is 11.1. The van der Waals surface area contributed by atoms with Crippen LogP contribution in [0.25, 0.3) is 0 Å². The van der Waals surface area contributed by atoms with Gasteiger partial charge >= 0.3 is 5.97 Å². The summed E-state index contributed by atoms with van der Waals surface area (Å²) in [6.07, 6.45) is 3.34. The van der Waals surface area contributed by atoms with Crippen LogP contribution in [0.4, 0.5) is 11.4 Å². The molecule has 1 aliphatic carbocycles. The first-order valence-electron chi connectivity index (χ1n) is 15.1. The zero-order chi connectivity index (χ0) is 30.9. The van der Waals surface area contributed by atoms with Gasteiger partial charge in [-0.05, 0) is 67.3 Å². The minimum Gasteiger partial charge on any atom is -0.492 e. The number of ether oxygens (including phenoxy) is 2. The Kier molecular flexibility index (Phi) is 10.1. The average molecular weight is 591 g/mol. The lowest BCUT2D eigenvalue weighted by Gasteiger charge is -2.32. The first kappa shape index (κ1) is 30.5. The van der Waals surface area contributed by atoms with Crippen LogP contribution in [0, 0.1) is 12.8 Å². The van der Waals surface area contributed by atoms with Crippen molar-refractivity contribution >= 4 is 29.0 Å². The van der Waals surface area contributed by atoms with Gasteiger partial charge in [0, 0.05) is 34.8 Å². The van der Waals surface area contributed by atoms with Crippen LogP contribution in [0.15, 0.2) is 103 Å². The Hall–Kier alpha value is -4.91. The molecule has 0 saturated heterocycles. The maximum atomic E-state index is 13.2. The van der Waals surface area contributed by atoms with Crippen LogP contribution < -0.4 is 15.0 Å². The Morgan fingerprint density at radius 1 is 0.886 bits per heavy atom. The highest BCUT2D eigenvalue weighted by Crippen LogP contribution is 2.30. The number of nitrogens with zero attached hydrogens (tertiary/aromatic N) is 1. The number of esters is 1. The fourth-order valence-electron chi connectivity index (χ4n) is 5.33. The van der Waals surface area contributed by atoms with Gasteiger partial charge in [-0.25, -0.2) is 4.79 Å². The van der Waals surface area contributed by atoms with Gasteiger partial charge in [0.2, 0.25) is 5.91 Å². The lowest BCUT2D eigenvalue weighted by molar-refractivity contribution is -0.141. The summed E-state index contributed by atoms with van der Waals surface area (Å²) in [5.41, 5.74) is 4.51. The molecule has 0 spiro atoms. The van der Waals surface area contributed by atoms with E-state index in [1.807, 2.05) is 84.6 Å². The summed E-state index contributed by atoms with van der Waals surface area (Å²) in [7, 11) is 1.35. The van der Waals surface area contributed by atoms with E-state index in [4.69, 9.17) is 9.47 Å². The predicted molar refractivity (Wildman–Crippen MR) is 172 cm³/mol. The van der Waals surface area contributed by atoms with Gasteiger partial charge in [0.1, 0.15) is 18.4 Å². The SMILES string of the molecule is COC(=O)C(Cc1ccc(OCCN(C(=O)C2CCC2)c2cccc(C)c2)cc1)Nc1ccccc1C(=O)c1ccccc1. The minimum atomic E-state index is -0.711. The summed E-state index contributed by atoms with van der Waals surface area (Å²) in [5, 5.41) is 3.24. The fourth-order valence-corrected chi connectivity index (χ4v) is 5.33. The summed E-state index contributed by atoms with van der Waals surface area (Å²) in [6.45, 7) is 2.83. The maximum Gasteiger partial charge on any atom is 0.328 e. The Morgan fingerprint density at radius 2 is 1.61 bits per heavy atom. The molecule has 7 nitrogen and oxygen atoms in total. The van der Waals surface area contributed by atoms with Gasteiger partial charge in [0.25, 0.3) is 0 Å². The molecule has 0 radical (unpaired) electrons. The van der Waals surface area contributed by atoms with Crippen molar-refractivity contribution in [3.63, 3.8) is 0 Å². The second-order valence-corrected chi connectivity index (χ2v) is 11.1. The number of hydrogen-bond donors (Lipinski definition) is 1. The summed E-state index contributed by atoms with van der Waals surface area (Å²) >= 11 is 0. The van der Waals surface area contributed by atoms with E-state index in [2.05, 4.69) is 5.32 Å². The lowest BCUT2D eigenvalue weighted by Crippen LogP contribution is -2.41. The van der Waals surface area contributed by atoms with Crippen molar-refractivity contribution in [2.24, 2.45) is 5.92 Å². The molecule has 0 bridgehead atoms. The molecule has 1 amide bonds. The van der Waals surface area contributed by atoms with Gasteiger partial charge in [0.15, 0.2) is 5.78 Å². The van der Waals surface area contributed by atoms with E-state index in [1.54, 1.807) is 30.3 Å². The van der Waals surface area contributed by atoms with Crippen molar-refractivity contribution in [3.05, 3.63) is 125 Å². The molecule has 44 heavy (non-hydrogen) atoms. The van der Waals surface area contributed by atoms with Crippen molar-refractivity contribution in [3.8, 4) is 5.75 Å².